The maximum atomic E-state index is 12.3. The lowest BCUT2D eigenvalue weighted by Crippen LogP contribution is -2.35. The third kappa shape index (κ3) is 4.51. The molecule has 1 aromatic carbocycles. The fourth-order valence-electron chi connectivity index (χ4n) is 2.36. The number of hydrogen-bond acceptors (Lipinski definition) is 7. The predicted molar refractivity (Wildman–Crippen MR) is 94.3 cm³/mol. The molecule has 1 amide bonds. The number of ether oxygens (including phenoxy) is 1. The highest BCUT2D eigenvalue weighted by Gasteiger charge is 2.17. The van der Waals surface area contributed by atoms with E-state index >= 15 is 0 Å². The number of nitro benzene ring substituents is 1. The summed E-state index contributed by atoms with van der Waals surface area (Å²) in [5.41, 5.74) is 0.320. The van der Waals surface area contributed by atoms with E-state index in [1.54, 1.807) is 5.38 Å². The molecule has 1 N–H and O–H groups in total. The summed E-state index contributed by atoms with van der Waals surface area (Å²) in [4.78, 5) is 29.1. The van der Waals surface area contributed by atoms with Crippen molar-refractivity contribution in [1.29, 1.82) is 0 Å². The lowest BCUT2D eigenvalue weighted by molar-refractivity contribution is -0.384. The number of halogens is 1. The summed E-state index contributed by atoms with van der Waals surface area (Å²) in [6.45, 7) is 3.76. The van der Waals surface area contributed by atoms with Gasteiger partial charge >= 0.3 is 0 Å². The van der Waals surface area contributed by atoms with E-state index in [1.807, 2.05) is 0 Å². The molecule has 2 heterocycles. The molecule has 1 aliphatic rings. The Morgan fingerprint density at radius 2 is 2.20 bits per heavy atom. The quantitative estimate of drug-likeness (QED) is 0.630. The molecule has 0 atom stereocenters. The number of nitrogens with one attached hydrogen (secondary N) is 1. The van der Waals surface area contributed by atoms with Gasteiger partial charge in [-0.25, -0.2) is 4.98 Å². The Morgan fingerprint density at radius 3 is 2.92 bits per heavy atom. The highest BCUT2D eigenvalue weighted by Crippen LogP contribution is 2.27. The van der Waals surface area contributed by atoms with Crippen molar-refractivity contribution in [2.75, 3.05) is 31.6 Å². The number of hydrogen-bond donors (Lipinski definition) is 1. The number of carbonyl (C=O) groups is 1. The molecule has 0 unspecified atom stereocenters. The summed E-state index contributed by atoms with van der Waals surface area (Å²) in [7, 11) is 0. The van der Waals surface area contributed by atoms with Crippen molar-refractivity contribution in [2.24, 2.45) is 0 Å². The van der Waals surface area contributed by atoms with Crippen LogP contribution >= 0.6 is 22.9 Å². The molecule has 10 heteroatoms. The van der Waals surface area contributed by atoms with Gasteiger partial charge in [0.15, 0.2) is 0 Å². The monoisotopic (exact) mass is 382 g/mol. The van der Waals surface area contributed by atoms with Crippen molar-refractivity contribution in [3.8, 4) is 0 Å². The number of anilines is 1. The summed E-state index contributed by atoms with van der Waals surface area (Å²) in [6.07, 6.45) is 0. The van der Waals surface area contributed by atoms with Crippen LogP contribution in [-0.4, -0.2) is 47.0 Å². The molecule has 0 bridgehead atoms. The third-order valence-corrected chi connectivity index (χ3v) is 4.80. The second kappa shape index (κ2) is 7.87. The molecule has 8 nitrogen and oxygen atoms in total. The second-order valence-electron chi connectivity index (χ2n) is 5.39. The molecule has 132 valence electrons. The van der Waals surface area contributed by atoms with Crippen molar-refractivity contribution < 1.29 is 14.5 Å². The van der Waals surface area contributed by atoms with Crippen LogP contribution in [0.1, 0.15) is 15.5 Å². The van der Waals surface area contributed by atoms with E-state index in [2.05, 4.69) is 15.2 Å². The standard InChI is InChI=1S/C15H15ClN4O4S/c16-11-2-1-10(7-13(11)20(22)23)17-15(21)12-9-25-14(18-12)8-19-3-5-24-6-4-19/h1-2,7,9H,3-6,8H2,(H,17,21). The summed E-state index contributed by atoms with van der Waals surface area (Å²) >= 11 is 7.17. The van der Waals surface area contributed by atoms with Crippen molar-refractivity contribution in [2.45, 2.75) is 6.54 Å². The molecule has 1 aromatic heterocycles. The van der Waals surface area contributed by atoms with Gasteiger partial charge in [0.25, 0.3) is 11.6 Å². The predicted octanol–water partition coefficient (Wildman–Crippen LogP) is 2.79. The van der Waals surface area contributed by atoms with Gasteiger partial charge in [0.2, 0.25) is 0 Å². The lowest BCUT2D eigenvalue weighted by atomic mass is 10.2. The largest absolute Gasteiger partial charge is 0.379 e. The molecule has 1 aliphatic heterocycles. The molecule has 1 fully saturated rings. The van der Waals surface area contributed by atoms with Gasteiger partial charge in [-0.1, -0.05) is 11.6 Å². The van der Waals surface area contributed by atoms with E-state index in [1.165, 1.54) is 29.5 Å². The van der Waals surface area contributed by atoms with Crippen molar-refractivity contribution in [1.82, 2.24) is 9.88 Å². The SMILES string of the molecule is O=C(Nc1ccc(Cl)c([N+](=O)[O-])c1)c1csc(CN2CCOCC2)n1. The Labute approximate surface area is 152 Å². The van der Waals surface area contributed by atoms with Gasteiger partial charge in [0.05, 0.1) is 24.7 Å². The second-order valence-corrected chi connectivity index (χ2v) is 6.74. The maximum Gasteiger partial charge on any atom is 0.289 e. The molecule has 0 spiro atoms. The highest BCUT2D eigenvalue weighted by atomic mass is 35.5. The van der Waals surface area contributed by atoms with Crippen LogP contribution in [0.5, 0.6) is 0 Å². The summed E-state index contributed by atoms with van der Waals surface area (Å²) in [5.74, 6) is -0.416. The molecule has 0 radical (unpaired) electrons. The molecular weight excluding hydrogens is 368 g/mol. The van der Waals surface area contributed by atoms with Crippen LogP contribution < -0.4 is 5.32 Å². The van der Waals surface area contributed by atoms with E-state index in [-0.39, 0.29) is 16.4 Å². The molecule has 25 heavy (non-hydrogen) atoms. The highest BCUT2D eigenvalue weighted by molar-refractivity contribution is 7.09. The van der Waals surface area contributed by atoms with Gasteiger partial charge in [-0.05, 0) is 12.1 Å². The molecule has 1 saturated heterocycles. The van der Waals surface area contributed by atoms with Crippen molar-refractivity contribution >= 4 is 40.2 Å². The Bertz CT molecular complexity index is 792. The molecular formula is C15H15ClN4O4S. The number of nitrogens with zero attached hydrogens (tertiary/aromatic N) is 3. The average molecular weight is 383 g/mol. The fourth-order valence-corrected chi connectivity index (χ4v) is 3.37. The minimum atomic E-state index is -0.596. The van der Waals surface area contributed by atoms with Crippen molar-refractivity contribution in [3.05, 3.63) is 49.4 Å². The third-order valence-electron chi connectivity index (χ3n) is 3.65. The smallest absolute Gasteiger partial charge is 0.289 e. The number of thiazole rings is 1. The zero-order valence-corrected chi connectivity index (χ0v) is 14.7. The van der Waals surface area contributed by atoms with Gasteiger partial charge in [0.1, 0.15) is 15.7 Å². The van der Waals surface area contributed by atoms with Gasteiger partial charge in [-0.3, -0.25) is 19.8 Å². The molecule has 3 rings (SSSR count). The van der Waals surface area contributed by atoms with Crippen LogP contribution in [0.3, 0.4) is 0 Å². The Balaban J connectivity index is 1.65. The first-order chi connectivity index (χ1) is 12.0. The topological polar surface area (TPSA) is 97.6 Å². The van der Waals surface area contributed by atoms with Crippen LogP contribution in [0, 0.1) is 10.1 Å². The van der Waals surface area contributed by atoms with Crippen LogP contribution in [0.15, 0.2) is 23.6 Å². The molecule has 0 saturated carbocycles. The summed E-state index contributed by atoms with van der Waals surface area (Å²) < 4.78 is 5.30. The maximum absolute atomic E-state index is 12.3. The number of amides is 1. The molecule has 0 aliphatic carbocycles. The number of benzene rings is 1. The van der Waals surface area contributed by atoms with Crippen LogP contribution in [0.2, 0.25) is 5.02 Å². The van der Waals surface area contributed by atoms with E-state index in [0.29, 0.717) is 25.4 Å². The first-order valence-electron chi connectivity index (χ1n) is 7.53. The number of aromatic nitrogens is 1. The van der Waals surface area contributed by atoms with Gasteiger partial charge in [0, 0.05) is 30.2 Å². The average Bonchev–Trinajstić information content (AvgIpc) is 3.06. The zero-order valence-electron chi connectivity index (χ0n) is 13.1. The number of carbonyl (C=O) groups excluding carboxylic acids is 1. The normalized spacial score (nSPS) is 15.1. The Kier molecular flexibility index (Phi) is 5.59. The van der Waals surface area contributed by atoms with E-state index in [9.17, 15) is 14.9 Å². The van der Waals surface area contributed by atoms with Crippen LogP contribution in [0.25, 0.3) is 0 Å². The zero-order chi connectivity index (χ0) is 17.8. The number of nitro groups is 1. The number of rotatable bonds is 5. The van der Waals surface area contributed by atoms with Crippen molar-refractivity contribution in [3.63, 3.8) is 0 Å². The van der Waals surface area contributed by atoms with E-state index in [4.69, 9.17) is 16.3 Å². The van der Waals surface area contributed by atoms with E-state index < -0.39 is 10.8 Å². The lowest BCUT2D eigenvalue weighted by Gasteiger charge is -2.25. The van der Waals surface area contributed by atoms with Gasteiger partial charge in [-0.2, -0.15) is 0 Å². The Hall–Kier alpha value is -2.07. The molecule has 2 aromatic rings. The van der Waals surface area contributed by atoms with Crippen LogP contribution in [-0.2, 0) is 11.3 Å². The first-order valence-corrected chi connectivity index (χ1v) is 8.78. The van der Waals surface area contributed by atoms with Crippen LogP contribution in [0.4, 0.5) is 11.4 Å². The minimum Gasteiger partial charge on any atom is -0.379 e. The summed E-state index contributed by atoms with van der Waals surface area (Å²) in [5, 5.41) is 16.0. The minimum absolute atomic E-state index is 0.0180. The number of morpholine rings is 1. The first kappa shape index (κ1) is 17.7. The van der Waals surface area contributed by atoms with Gasteiger partial charge in [-0.15, -0.1) is 11.3 Å². The summed E-state index contributed by atoms with van der Waals surface area (Å²) in [6, 6.07) is 4.11. The van der Waals surface area contributed by atoms with Gasteiger partial charge < -0.3 is 10.1 Å². The Morgan fingerprint density at radius 1 is 1.44 bits per heavy atom. The fraction of sp³-hybridized carbons (Fsp3) is 0.333. The van der Waals surface area contributed by atoms with E-state index in [0.717, 1.165) is 18.1 Å².